The molecule has 6 heteroatoms. The second-order valence-electron chi connectivity index (χ2n) is 7.44. The maximum atomic E-state index is 12.7. The van der Waals surface area contributed by atoms with Crippen molar-refractivity contribution in [1.29, 1.82) is 0 Å². The molecule has 2 aromatic carbocycles. The molecular formula is C24H29NO5. The summed E-state index contributed by atoms with van der Waals surface area (Å²) in [4.78, 5) is 26.3. The zero-order chi connectivity index (χ0) is 21.7. The number of amides is 1. The van der Waals surface area contributed by atoms with Crippen molar-refractivity contribution in [2.24, 2.45) is 5.92 Å². The number of benzene rings is 2. The van der Waals surface area contributed by atoms with Crippen molar-refractivity contribution in [2.75, 3.05) is 27.9 Å². The first kappa shape index (κ1) is 21.7. The van der Waals surface area contributed by atoms with E-state index >= 15 is 0 Å². The lowest BCUT2D eigenvalue weighted by molar-refractivity contribution is -0.139. The van der Waals surface area contributed by atoms with Crippen LogP contribution in [-0.2, 0) is 27.3 Å². The van der Waals surface area contributed by atoms with E-state index < -0.39 is 0 Å². The molecule has 2 aromatic rings. The summed E-state index contributed by atoms with van der Waals surface area (Å²) in [7, 11) is 4.62. The summed E-state index contributed by atoms with van der Waals surface area (Å²) in [6, 6.07) is 11.5. The Hall–Kier alpha value is -3.02. The number of carbonyl (C=O) groups is 2. The van der Waals surface area contributed by atoms with E-state index in [4.69, 9.17) is 14.2 Å². The normalized spacial score (nSPS) is 12.9. The number of carbonyl (C=O) groups excluding carboxylic acids is 2. The monoisotopic (exact) mass is 411 g/mol. The fourth-order valence-electron chi connectivity index (χ4n) is 3.53. The maximum absolute atomic E-state index is 12.7. The van der Waals surface area contributed by atoms with Crippen LogP contribution < -0.4 is 9.47 Å². The molecule has 1 aliphatic carbocycles. The van der Waals surface area contributed by atoms with Crippen LogP contribution in [0, 0.1) is 5.92 Å². The van der Waals surface area contributed by atoms with Gasteiger partial charge in [-0.05, 0) is 60.7 Å². The maximum Gasteiger partial charge on any atom is 0.309 e. The lowest BCUT2D eigenvalue weighted by Gasteiger charge is -2.23. The molecule has 1 saturated carbocycles. The molecule has 0 radical (unpaired) electrons. The van der Waals surface area contributed by atoms with Gasteiger partial charge in [-0.3, -0.25) is 9.59 Å². The van der Waals surface area contributed by atoms with Crippen LogP contribution in [0.5, 0.6) is 11.5 Å². The van der Waals surface area contributed by atoms with Gasteiger partial charge < -0.3 is 19.1 Å². The van der Waals surface area contributed by atoms with Crippen LogP contribution in [0.1, 0.15) is 30.9 Å². The lowest BCUT2D eigenvalue weighted by Crippen LogP contribution is -2.31. The molecule has 0 heterocycles. The van der Waals surface area contributed by atoms with Crippen molar-refractivity contribution >= 4 is 11.9 Å². The fourth-order valence-corrected chi connectivity index (χ4v) is 3.53. The Morgan fingerprint density at radius 3 is 2.37 bits per heavy atom. The predicted octanol–water partition coefficient (Wildman–Crippen LogP) is 3.84. The molecule has 0 N–H and O–H groups in total. The minimum absolute atomic E-state index is 0.171. The first-order chi connectivity index (χ1) is 14.5. The molecule has 0 saturated heterocycles. The first-order valence-electron chi connectivity index (χ1n) is 10.2. The van der Waals surface area contributed by atoms with E-state index in [9.17, 15) is 9.59 Å². The highest BCUT2D eigenvalue weighted by atomic mass is 16.5. The molecule has 0 aromatic heterocycles. The number of rotatable bonds is 9. The van der Waals surface area contributed by atoms with Gasteiger partial charge in [0.05, 0.1) is 27.8 Å². The first-order valence-corrected chi connectivity index (χ1v) is 10.2. The summed E-state index contributed by atoms with van der Waals surface area (Å²) in [5.74, 6) is 1.49. The topological polar surface area (TPSA) is 65.1 Å². The SMILES string of the molecule is CCN(Cc1ccc(OC)cc1-c1cc(CC(=O)OC)ccc1OC)C(=O)C1CC1. The van der Waals surface area contributed by atoms with Crippen molar-refractivity contribution in [3.05, 3.63) is 47.5 Å². The van der Waals surface area contributed by atoms with E-state index in [1.165, 1.54) is 7.11 Å². The number of methoxy groups -OCH3 is 3. The molecule has 0 aliphatic heterocycles. The quantitative estimate of drug-likeness (QED) is 0.587. The third-order valence-electron chi connectivity index (χ3n) is 5.43. The van der Waals surface area contributed by atoms with Gasteiger partial charge in [-0.15, -0.1) is 0 Å². The molecule has 3 rings (SSSR count). The average molecular weight is 411 g/mol. The summed E-state index contributed by atoms with van der Waals surface area (Å²) in [6.07, 6.45) is 2.14. The Kier molecular flexibility index (Phi) is 6.98. The predicted molar refractivity (Wildman–Crippen MR) is 115 cm³/mol. The second-order valence-corrected chi connectivity index (χ2v) is 7.44. The molecule has 1 aliphatic rings. The van der Waals surface area contributed by atoms with Crippen molar-refractivity contribution in [3.63, 3.8) is 0 Å². The highest BCUT2D eigenvalue weighted by molar-refractivity contribution is 5.82. The van der Waals surface area contributed by atoms with Crippen LogP contribution >= 0.6 is 0 Å². The van der Waals surface area contributed by atoms with Crippen LogP contribution in [-0.4, -0.2) is 44.7 Å². The van der Waals surface area contributed by atoms with E-state index in [-0.39, 0.29) is 24.2 Å². The standard InChI is InChI=1S/C24H29NO5/c1-5-25(24(27)17-7-8-17)15-18-9-10-19(28-2)14-20(18)21-12-16(13-23(26)30-4)6-11-22(21)29-3/h6,9-12,14,17H,5,7-8,13,15H2,1-4H3. The van der Waals surface area contributed by atoms with Crippen molar-refractivity contribution in [2.45, 2.75) is 32.7 Å². The summed E-state index contributed by atoms with van der Waals surface area (Å²) in [6.45, 7) is 3.16. The molecule has 1 fully saturated rings. The van der Waals surface area contributed by atoms with E-state index in [0.717, 1.165) is 35.1 Å². The lowest BCUT2D eigenvalue weighted by atomic mass is 9.95. The molecule has 6 nitrogen and oxygen atoms in total. The second kappa shape index (κ2) is 9.65. The van der Waals surface area contributed by atoms with Gasteiger partial charge in [0, 0.05) is 24.6 Å². The third-order valence-corrected chi connectivity index (χ3v) is 5.43. The van der Waals surface area contributed by atoms with Crippen molar-refractivity contribution in [1.82, 2.24) is 4.90 Å². The number of nitrogens with zero attached hydrogens (tertiary/aromatic N) is 1. The average Bonchev–Trinajstić information content (AvgIpc) is 3.62. The zero-order valence-electron chi connectivity index (χ0n) is 18.1. The fraction of sp³-hybridized carbons (Fsp3) is 0.417. The van der Waals surface area contributed by atoms with Crippen LogP contribution in [0.4, 0.5) is 0 Å². The van der Waals surface area contributed by atoms with Gasteiger partial charge in [0.1, 0.15) is 11.5 Å². The van der Waals surface area contributed by atoms with Gasteiger partial charge in [-0.2, -0.15) is 0 Å². The summed E-state index contributed by atoms with van der Waals surface area (Å²) >= 11 is 0. The Bertz CT molecular complexity index is 920. The highest BCUT2D eigenvalue weighted by Crippen LogP contribution is 2.37. The number of hydrogen-bond acceptors (Lipinski definition) is 5. The number of esters is 1. The van der Waals surface area contributed by atoms with Crippen LogP contribution in [0.25, 0.3) is 11.1 Å². The smallest absolute Gasteiger partial charge is 0.309 e. The number of hydrogen-bond donors (Lipinski definition) is 0. The largest absolute Gasteiger partial charge is 0.497 e. The third kappa shape index (κ3) is 4.93. The van der Waals surface area contributed by atoms with Crippen LogP contribution in [0.3, 0.4) is 0 Å². The van der Waals surface area contributed by atoms with Gasteiger partial charge in [-0.25, -0.2) is 0 Å². The Labute approximate surface area is 177 Å². The Balaban J connectivity index is 2.03. The minimum Gasteiger partial charge on any atom is -0.497 e. The summed E-state index contributed by atoms with van der Waals surface area (Å²) < 4.78 is 15.9. The van der Waals surface area contributed by atoms with Crippen LogP contribution in [0.2, 0.25) is 0 Å². The molecule has 0 bridgehead atoms. The molecule has 160 valence electrons. The van der Waals surface area contributed by atoms with Crippen LogP contribution in [0.15, 0.2) is 36.4 Å². The molecule has 0 atom stereocenters. The van der Waals surface area contributed by atoms with Gasteiger partial charge in [0.25, 0.3) is 0 Å². The molecule has 0 unspecified atom stereocenters. The molecule has 0 spiro atoms. The Morgan fingerprint density at radius 2 is 1.77 bits per heavy atom. The number of ether oxygens (including phenoxy) is 3. The van der Waals surface area contributed by atoms with E-state index in [0.29, 0.717) is 24.6 Å². The van der Waals surface area contributed by atoms with E-state index in [1.807, 2.05) is 48.2 Å². The summed E-state index contributed by atoms with van der Waals surface area (Å²) in [5, 5.41) is 0. The Morgan fingerprint density at radius 1 is 1.00 bits per heavy atom. The van der Waals surface area contributed by atoms with E-state index in [1.54, 1.807) is 14.2 Å². The molecule has 1 amide bonds. The van der Waals surface area contributed by atoms with Crippen molar-refractivity contribution in [3.8, 4) is 22.6 Å². The minimum atomic E-state index is -0.302. The van der Waals surface area contributed by atoms with Gasteiger partial charge in [0.2, 0.25) is 5.91 Å². The summed E-state index contributed by atoms with van der Waals surface area (Å²) in [5.41, 5.74) is 3.59. The van der Waals surface area contributed by atoms with Gasteiger partial charge >= 0.3 is 5.97 Å². The highest BCUT2D eigenvalue weighted by Gasteiger charge is 2.33. The van der Waals surface area contributed by atoms with Gasteiger partial charge in [-0.1, -0.05) is 12.1 Å². The van der Waals surface area contributed by atoms with E-state index in [2.05, 4.69) is 0 Å². The molecular weight excluding hydrogens is 382 g/mol. The van der Waals surface area contributed by atoms with Gasteiger partial charge in [0.15, 0.2) is 0 Å². The molecule has 30 heavy (non-hydrogen) atoms. The van der Waals surface area contributed by atoms with Crippen molar-refractivity contribution < 1.29 is 23.8 Å². The zero-order valence-corrected chi connectivity index (χ0v) is 18.1.